The Morgan fingerprint density at radius 1 is 1.16 bits per heavy atom. The van der Waals surface area contributed by atoms with Crippen molar-refractivity contribution in [1.29, 1.82) is 0 Å². The highest BCUT2D eigenvalue weighted by Gasteiger charge is 2.36. The predicted octanol–water partition coefficient (Wildman–Crippen LogP) is 4.99. The molecule has 1 aliphatic heterocycles. The summed E-state index contributed by atoms with van der Waals surface area (Å²) in [6.07, 6.45) is 2.01. The number of nitrogens with zero attached hydrogens (tertiary/aromatic N) is 3. The molecule has 202 valence electrons. The summed E-state index contributed by atoms with van der Waals surface area (Å²) in [5.74, 6) is -1.26. The second kappa shape index (κ2) is 10.2. The molecule has 1 saturated carbocycles. The Morgan fingerprint density at radius 3 is 2.66 bits per heavy atom. The molecule has 10 heteroatoms. The number of carboxylic acids is 1. The maximum atomic E-state index is 14.3. The number of imidazole rings is 1. The molecule has 0 bridgehead atoms. The van der Waals surface area contributed by atoms with Crippen LogP contribution in [0.1, 0.15) is 68.1 Å². The maximum absolute atomic E-state index is 14.3. The average molecular weight is 526 g/mol. The monoisotopic (exact) mass is 525 g/mol. The largest absolute Gasteiger partial charge is 0.496 e. The van der Waals surface area contributed by atoms with Crippen LogP contribution in [-0.2, 0) is 16.0 Å². The normalized spacial score (nSPS) is 22.1. The first kappa shape index (κ1) is 26.0. The van der Waals surface area contributed by atoms with Gasteiger partial charge in [-0.2, -0.15) is 0 Å². The molecule has 9 nitrogen and oxygen atoms in total. The zero-order valence-electron chi connectivity index (χ0n) is 21.7. The lowest BCUT2D eigenvalue weighted by atomic mass is 9.85. The Morgan fingerprint density at radius 2 is 1.95 bits per heavy atom. The molecule has 1 aromatic heterocycles. The zero-order valence-corrected chi connectivity index (χ0v) is 21.7. The van der Waals surface area contributed by atoms with Gasteiger partial charge in [-0.3, -0.25) is 9.69 Å². The molecule has 0 radical (unpaired) electrons. The van der Waals surface area contributed by atoms with Gasteiger partial charge in [0.25, 0.3) is 0 Å². The molecule has 0 saturated heterocycles. The van der Waals surface area contributed by atoms with E-state index < -0.39 is 29.9 Å². The van der Waals surface area contributed by atoms with Crippen molar-refractivity contribution in [2.24, 2.45) is 5.92 Å². The fourth-order valence-corrected chi connectivity index (χ4v) is 6.05. The SMILES string of the molecule is COC(=O)N1c2ccc3c(nc(C(O)c4cc(F)ccc4OC)n3C3CCCC(C(=O)O)C3)c2CCC1C. The van der Waals surface area contributed by atoms with Crippen LogP contribution in [0.25, 0.3) is 11.0 Å². The molecule has 5 rings (SSSR count). The lowest BCUT2D eigenvalue weighted by Crippen LogP contribution is -2.42. The molecule has 3 aromatic rings. The Balaban J connectivity index is 1.72. The molecule has 0 spiro atoms. The number of aryl methyl sites for hydroxylation is 1. The second-order valence-electron chi connectivity index (χ2n) is 10.1. The molecule has 2 heterocycles. The van der Waals surface area contributed by atoms with Crippen LogP contribution in [0.4, 0.5) is 14.9 Å². The van der Waals surface area contributed by atoms with Crippen molar-refractivity contribution in [2.45, 2.75) is 63.6 Å². The van der Waals surface area contributed by atoms with E-state index in [1.54, 1.807) is 4.90 Å². The van der Waals surface area contributed by atoms with Gasteiger partial charge in [0.1, 0.15) is 23.5 Å². The van der Waals surface area contributed by atoms with E-state index in [9.17, 15) is 24.2 Å². The number of carboxylic acid groups (broad SMARTS) is 1. The first-order chi connectivity index (χ1) is 18.2. The smallest absolute Gasteiger partial charge is 0.414 e. The van der Waals surface area contributed by atoms with Gasteiger partial charge in [-0.25, -0.2) is 14.2 Å². The third kappa shape index (κ3) is 4.36. The Kier molecular flexibility index (Phi) is 7.00. The summed E-state index contributed by atoms with van der Waals surface area (Å²) in [5.41, 5.74) is 3.15. The van der Waals surface area contributed by atoms with Crippen molar-refractivity contribution in [3.8, 4) is 5.75 Å². The van der Waals surface area contributed by atoms with Crippen LogP contribution in [0.5, 0.6) is 5.75 Å². The minimum atomic E-state index is -1.33. The van der Waals surface area contributed by atoms with Gasteiger partial charge in [0.05, 0.1) is 36.9 Å². The van der Waals surface area contributed by atoms with Crippen LogP contribution in [0.3, 0.4) is 0 Å². The van der Waals surface area contributed by atoms with E-state index in [4.69, 9.17) is 14.5 Å². The van der Waals surface area contributed by atoms with Crippen molar-refractivity contribution >= 4 is 28.8 Å². The maximum Gasteiger partial charge on any atom is 0.414 e. The van der Waals surface area contributed by atoms with E-state index in [0.717, 1.165) is 23.9 Å². The minimum absolute atomic E-state index is 0.0641. The van der Waals surface area contributed by atoms with Crippen LogP contribution in [0, 0.1) is 11.7 Å². The van der Waals surface area contributed by atoms with E-state index in [1.165, 1.54) is 32.4 Å². The number of amides is 1. The number of carbonyl (C=O) groups excluding carboxylic acids is 1. The number of fused-ring (bicyclic) bond motifs is 3. The van der Waals surface area contributed by atoms with Gasteiger partial charge >= 0.3 is 12.1 Å². The number of benzene rings is 2. The third-order valence-corrected chi connectivity index (χ3v) is 7.94. The molecule has 38 heavy (non-hydrogen) atoms. The number of aliphatic hydroxyl groups is 1. The number of aliphatic hydroxyl groups excluding tert-OH is 1. The summed E-state index contributed by atoms with van der Waals surface area (Å²) < 4.78 is 26.6. The first-order valence-corrected chi connectivity index (χ1v) is 12.9. The van der Waals surface area contributed by atoms with Crippen LogP contribution in [-0.4, -0.2) is 52.1 Å². The Bertz CT molecular complexity index is 1390. The van der Waals surface area contributed by atoms with Gasteiger partial charge in [-0.15, -0.1) is 0 Å². The highest BCUT2D eigenvalue weighted by molar-refractivity contribution is 5.95. The number of rotatable bonds is 5. The van der Waals surface area contributed by atoms with E-state index in [2.05, 4.69) is 0 Å². The van der Waals surface area contributed by atoms with E-state index in [0.29, 0.717) is 42.6 Å². The van der Waals surface area contributed by atoms with Crippen molar-refractivity contribution < 1.29 is 33.7 Å². The Labute approximate surface area is 219 Å². The van der Waals surface area contributed by atoms with Gasteiger partial charge in [0.2, 0.25) is 0 Å². The van der Waals surface area contributed by atoms with Gasteiger partial charge in [0, 0.05) is 23.2 Å². The van der Waals surface area contributed by atoms with Crippen LogP contribution < -0.4 is 9.64 Å². The molecule has 1 amide bonds. The van der Waals surface area contributed by atoms with Crippen molar-refractivity contribution in [3.05, 3.63) is 53.1 Å². The lowest BCUT2D eigenvalue weighted by molar-refractivity contribution is -0.143. The number of hydrogen-bond acceptors (Lipinski definition) is 6. The van der Waals surface area contributed by atoms with Gasteiger partial charge in [0.15, 0.2) is 0 Å². The second-order valence-corrected chi connectivity index (χ2v) is 10.1. The van der Waals surface area contributed by atoms with Crippen LogP contribution >= 0.6 is 0 Å². The molecule has 2 aliphatic rings. The van der Waals surface area contributed by atoms with Crippen molar-refractivity contribution in [2.75, 3.05) is 19.1 Å². The Hall–Kier alpha value is -3.66. The van der Waals surface area contributed by atoms with Crippen molar-refractivity contribution in [3.63, 3.8) is 0 Å². The number of methoxy groups -OCH3 is 2. The fraction of sp³-hybridized carbons (Fsp3) is 0.464. The first-order valence-electron chi connectivity index (χ1n) is 12.9. The molecule has 1 fully saturated rings. The molecular weight excluding hydrogens is 493 g/mol. The molecule has 4 atom stereocenters. The highest BCUT2D eigenvalue weighted by atomic mass is 19.1. The minimum Gasteiger partial charge on any atom is -0.496 e. The standard InChI is InChI=1S/C28H32FN3O6/c1-15-7-9-19-21(31(15)28(36)38-3)10-11-22-24(19)30-26(25(33)20-14-17(29)8-12-23(20)37-2)32(22)18-6-4-5-16(13-18)27(34)35/h8,10-12,14-16,18,25,33H,4-7,9,13H2,1-3H3,(H,34,35). The number of ether oxygens (including phenoxy) is 2. The number of aliphatic carboxylic acids is 1. The number of halogens is 1. The molecular formula is C28H32FN3O6. The van der Waals surface area contributed by atoms with Gasteiger partial charge in [-0.05, 0) is 69.4 Å². The number of carbonyl (C=O) groups is 2. The highest BCUT2D eigenvalue weighted by Crippen LogP contribution is 2.43. The van der Waals surface area contributed by atoms with Crippen LogP contribution in [0.15, 0.2) is 30.3 Å². The lowest BCUT2D eigenvalue weighted by Gasteiger charge is -2.34. The average Bonchev–Trinajstić information content (AvgIpc) is 3.32. The zero-order chi connectivity index (χ0) is 27.1. The summed E-state index contributed by atoms with van der Waals surface area (Å²) in [6, 6.07) is 7.37. The molecule has 2 aromatic carbocycles. The molecule has 4 unspecified atom stereocenters. The van der Waals surface area contributed by atoms with Crippen molar-refractivity contribution in [1.82, 2.24) is 9.55 Å². The number of aromatic nitrogens is 2. The van der Waals surface area contributed by atoms with Gasteiger partial charge in [-0.1, -0.05) is 6.42 Å². The van der Waals surface area contributed by atoms with Gasteiger partial charge < -0.3 is 24.3 Å². The predicted molar refractivity (Wildman–Crippen MR) is 138 cm³/mol. The fourth-order valence-electron chi connectivity index (χ4n) is 6.05. The summed E-state index contributed by atoms with van der Waals surface area (Å²) in [5, 5.41) is 21.3. The summed E-state index contributed by atoms with van der Waals surface area (Å²) in [4.78, 5) is 31.0. The third-order valence-electron chi connectivity index (χ3n) is 7.94. The summed E-state index contributed by atoms with van der Waals surface area (Å²) in [6.45, 7) is 1.96. The quantitative estimate of drug-likeness (QED) is 0.482. The summed E-state index contributed by atoms with van der Waals surface area (Å²) in [7, 11) is 2.79. The summed E-state index contributed by atoms with van der Waals surface area (Å²) >= 11 is 0. The van der Waals surface area contributed by atoms with Crippen LogP contribution in [0.2, 0.25) is 0 Å². The molecule has 1 aliphatic carbocycles. The molecule has 2 N–H and O–H groups in total. The van der Waals surface area contributed by atoms with E-state index in [1.807, 2.05) is 23.6 Å². The van der Waals surface area contributed by atoms with E-state index in [-0.39, 0.29) is 23.5 Å². The number of hydrogen-bond donors (Lipinski definition) is 2. The topological polar surface area (TPSA) is 114 Å². The number of anilines is 1. The van der Waals surface area contributed by atoms with E-state index >= 15 is 0 Å².